The van der Waals surface area contributed by atoms with E-state index in [4.69, 9.17) is 18.6 Å². The third-order valence-corrected chi connectivity index (χ3v) is 5.37. The molecule has 4 heterocycles. The van der Waals surface area contributed by atoms with Crippen LogP contribution in [-0.2, 0) is 20.8 Å². The summed E-state index contributed by atoms with van der Waals surface area (Å²) >= 11 is 0. The van der Waals surface area contributed by atoms with Gasteiger partial charge in [-0.2, -0.15) is 0 Å². The highest BCUT2D eigenvalue weighted by Gasteiger charge is 2.47. The highest BCUT2D eigenvalue weighted by Crippen LogP contribution is 2.36. The number of furan rings is 1. The second-order valence-electron chi connectivity index (χ2n) is 7.31. The van der Waals surface area contributed by atoms with Gasteiger partial charge in [-0.3, -0.25) is 4.90 Å². The number of nitrogens with zero attached hydrogens (tertiary/aromatic N) is 1. The van der Waals surface area contributed by atoms with Crippen molar-refractivity contribution in [3.05, 3.63) is 24.2 Å². The lowest BCUT2D eigenvalue weighted by atomic mass is 9.84. The zero-order valence-electron chi connectivity index (χ0n) is 13.7. The van der Waals surface area contributed by atoms with Crippen molar-refractivity contribution in [3.63, 3.8) is 0 Å². The van der Waals surface area contributed by atoms with E-state index in [2.05, 4.69) is 4.90 Å². The van der Waals surface area contributed by atoms with Gasteiger partial charge >= 0.3 is 0 Å². The van der Waals surface area contributed by atoms with Gasteiger partial charge in [-0.15, -0.1) is 0 Å². The van der Waals surface area contributed by atoms with Crippen molar-refractivity contribution < 1.29 is 18.6 Å². The SMILES string of the molecule is c1cc(CN2CC3(CC(OCC4CCOCC4)CCO3)C2)co1. The highest BCUT2D eigenvalue weighted by molar-refractivity contribution is 5.09. The van der Waals surface area contributed by atoms with Crippen LogP contribution in [0, 0.1) is 5.92 Å². The molecule has 1 atom stereocenters. The van der Waals surface area contributed by atoms with E-state index in [9.17, 15) is 0 Å². The Hall–Kier alpha value is -0.880. The predicted molar refractivity (Wildman–Crippen MR) is 85.2 cm³/mol. The van der Waals surface area contributed by atoms with Crippen molar-refractivity contribution in [1.29, 1.82) is 0 Å². The molecule has 1 spiro atoms. The Morgan fingerprint density at radius 1 is 1.17 bits per heavy atom. The molecule has 5 nitrogen and oxygen atoms in total. The van der Waals surface area contributed by atoms with Crippen LogP contribution in [0.15, 0.2) is 23.0 Å². The highest BCUT2D eigenvalue weighted by atomic mass is 16.5. The van der Waals surface area contributed by atoms with Crippen molar-refractivity contribution in [1.82, 2.24) is 4.90 Å². The number of ether oxygens (including phenoxy) is 3. The fraction of sp³-hybridized carbons (Fsp3) is 0.778. The van der Waals surface area contributed by atoms with Crippen molar-refractivity contribution in [3.8, 4) is 0 Å². The summed E-state index contributed by atoms with van der Waals surface area (Å²) in [6.07, 6.45) is 8.29. The molecule has 3 fully saturated rings. The van der Waals surface area contributed by atoms with E-state index < -0.39 is 0 Å². The minimum atomic E-state index is 0.0301. The lowest BCUT2D eigenvalue weighted by molar-refractivity contribution is -0.201. The van der Waals surface area contributed by atoms with Crippen molar-refractivity contribution in [2.45, 2.75) is 43.9 Å². The fourth-order valence-corrected chi connectivity index (χ4v) is 4.05. The first kappa shape index (κ1) is 15.6. The largest absolute Gasteiger partial charge is 0.472 e. The quantitative estimate of drug-likeness (QED) is 0.833. The summed E-state index contributed by atoms with van der Waals surface area (Å²) in [6.45, 7) is 6.49. The van der Waals surface area contributed by atoms with Crippen LogP contribution in [0.5, 0.6) is 0 Å². The Labute approximate surface area is 137 Å². The van der Waals surface area contributed by atoms with Crippen LogP contribution in [-0.4, -0.2) is 56.1 Å². The van der Waals surface area contributed by atoms with Gasteiger partial charge < -0.3 is 18.6 Å². The molecule has 0 saturated carbocycles. The Morgan fingerprint density at radius 2 is 2.04 bits per heavy atom. The lowest BCUT2D eigenvalue weighted by Gasteiger charge is -2.53. The second-order valence-corrected chi connectivity index (χ2v) is 7.31. The van der Waals surface area contributed by atoms with Crippen LogP contribution in [0.3, 0.4) is 0 Å². The van der Waals surface area contributed by atoms with Gasteiger partial charge in [0.15, 0.2) is 0 Å². The lowest BCUT2D eigenvalue weighted by Crippen LogP contribution is -2.65. The minimum absolute atomic E-state index is 0.0301. The first-order valence-corrected chi connectivity index (χ1v) is 8.88. The van der Waals surface area contributed by atoms with Gasteiger partial charge in [-0.05, 0) is 31.2 Å². The predicted octanol–water partition coefficient (Wildman–Crippen LogP) is 2.46. The monoisotopic (exact) mass is 321 g/mol. The number of hydrogen-bond acceptors (Lipinski definition) is 5. The van der Waals surface area contributed by atoms with Gasteiger partial charge in [0.05, 0.1) is 24.2 Å². The standard InChI is InChI=1S/C18H27NO4/c1-5-20-6-2-15(1)12-22-17-4-8-23-18(9-17)13-19(14-18)10-16-3-7-21-11-16/h3,7,11,15,17H,1-2,4-6,8-10,12-14H2. The molecule has 0 aromatic carbocycles. The summed E-state index contributed by atoms with van der Waals surface area (Å²) in [5.41, 5.74) is 1.27. The third-order valence-electron chi connectivity index (χ3n) is 5.37. The molecule has 1 aromatic heterocycles. The van der Waals surface area contributed by atoms with Gasteiger partial charge in [0.2, 0.25) is 0 Å². The Kier molecular flexibility index (Phi) is 4.71. The molecule has 5 heteroatoms. The summed E-state index contributed by atoms with van der Waals surface area (Å²) in [4.78, 5) is 2.42. The first-order chi connectivity index (χ1) is 11.3. The number of rotatable bonds is 5. The van der Waals surface area contributed by atoms with E-state index in [-0.39, 0.29) is 5.60 Å². The van der Waals surface area contributed by atoms with Crippen LogP contribution < -0.4 is 0 Å². The van der Waals surface area contributed by atoms with Gasteiger partial charge in [-0.1, -0.05) is 0 Å². The van der Waals surface area contributed by atoms with E-state index in [0.29, 0.717) is 12.0 Å². The molecule has 128 valence electrons. The Bertz CT molecular complexity index is 477. The first-order valence-electron chi connectivity index (χ1n) is 8.88. The molecule has 1 unspecified atom stereocenters. The Balaban J connectivity index is 1.22. The zero-order chi connectivity index (χ0) is 15.5. The summed E-state index contributed by atoms with van der Waals surface area (Å²) in [7, 11) is 0. The summed E-state index contributed by atoms with van der Waals surface area (Å²) in [6, 6.07) is 2.03. The van der Waals surface area contributed by atoms with Gasteiger partial charge in [0.25, 0.3) is 0 Å². The average Bonchev–Trinajstić information content (AvgIpc) is 3.06. The molecule has 1 aromatic rings. The fourth-order valence-electron chi connectivity index (χ4n) is 4.05. The summed E-state index contributed by atoms with van der Waals surface area (Å²) in [5.74, 6) is 0.682. The number of likely N-dealkylation sites (tertiary alicyclic amines) is 1. The Morgan fingerprint density at radius 3 is 2.83 bits per heavy atom. The molecule has 4 rings (SSSR count). The maximum atomic E-state index is 6.23. The van der Waals surface area contributed by atoms with E-state index >= 15 is 0 Å². The molecule has 23 heavy (non-hydrogen) atoms. The molecule has 0 N–H and O–H groups in total. The van der Waals surface area contributed by atoms with Crippen LogP contribution in [0.2, 0.25) is 0 Å². The van der Waals surface area contributed by atoms with Crippen molar-refractivity contribution in [2.24, 2.45) is 5.92 Å². The molecule has 3 aliphatic heterocycles. The molecule has 3 aliphatic rings. The average molecular weight is 321 g/mol. The second kappa shape index (κ2) is 6.93. The summed E-state index contributed by atoms with van der Waals surface area (Å²) in [5, 5.41) is 0. The molecule has 0 amide bonds. The van der Waals surface area contributed by atoms with Crippen LogP contribution >= 0.6 is 0 Å². The van der Waals surface area contributed by atoms with Crippen LogP contribution in [0.1, 0.15) is 31.2 Å². The van der Waals surface area contributed by atoms with E-state index in [0.717, 1.165) is 71.7 Å². The minimum Gasteiger partial charge on any atom is -0.472 e. The maximum absolute atomic E-state index is 6.23. The van der Waals surface area contributed by atoms with Gasteiger partial charge in [0.1, 0.15) is 0 Å². The van der Waals surface area contributed by atoms with Gasteiger partial charge in [-0.25, -0.2) is 0 Å². The molecule has 0 aliphatic carbocycles. The van der Waals surface area contributed by atoms with Crippen LogP contribution in [0.4, 0.5) is 0 Å². The van der Waals surface area contributed by atoms with E-state index in [1.165, 1.54) is 5.56 Å². The van der Waals surface area contributed by atoms with Crippen LogP contribution in [0.25, 0.3) is 0 Å². The molecule has 0 radical (unpaired) electrons. The number of hydrogen-bond donors (Lipinski definition) is 0. The molecule has 3 saturated heterocycles. The topological polar surface area (TPSA) is 44.1 Å². The van der Waals surface area contributed by atoms with Crippen molar-refractivity contribution >= 4 is 0 Å². The third kappa shape index (κ3) is 3.79. The normalized spacial score (nSPS) is 28.8. The molecular weight excluding hydrogens is 294 g/mol. The van der Waals surface area contributed by atoms with E-state index in [1.54, 1.807) is 6.26 Å². The zero-order valence-corrected chi connectivity index (χ0v) is 13.7. The van der Waals surface area contributed by atoms with Crippen molar-refractivity contribution in [2.75, 3.05) is 39.5 Å². The molecular formula is C18H27NO4. The summed E-state index contributed by atoms with van der Waals surface area (Å²) < 4.78 is 22.9. The van der Waals surface area contributed by atoms with E-state index in [1.807, 2.05) is 12.3 Å². The smallest absolute Gasteiger partial charge is 0.0959 e. The maximum Gasteiger partial charge on any atom is 0.0959 e. The molecule has 0 bridgehead atoms. The van der Waals surface area contributed by atoms with Gasteiger partial charge in [0, 0.05) is 58.0 Å².